The van der Waals surface area contributed by atoms with Crippen molar-refractivity contribution in [3.05, 3.63) is 23.4 Å². The molecule has 0 radical (unpaired) electrons. The minimum Gasteiger partial charge on any atom is -0.384 e. The van der Waals surface area contributed by atoms with Gasteiger partial charge in [-0.05, 0) is 24.6 Å². The highest BCUT2D eigenvalue weighted by Gasteiger charge is 1.95. The van der Waals surface area contributed by atoms with Gasteiger partial charge < -0.3 is 5.73 Å². The Morgan fingerprint density at radius 3 is 2.91 bits per heavy atom. The van der Waals surface area contributed by atoms with Crippen molar-refractivity contribution in [1.29, 1.82) is 5.26 Å². The lowest BCUT2D eigenvalue weighted by Gasteiger charge is -1.98. The van der Waals surface area contributed by atoms with Crippen LogP contribution < -0.4 is 5.73 Å². The first-order valence-electron chi connectivity index (χ1n) is 3.32. The van der Waals surface area contributed by atoms with Gasteiger partial charge in [0.1, 0.15) is 5.82 Å². The van der Waals surface area contributed by atoms with Crippen LogP contribution >= 0.6 is 0 Å². The Kier molecular flexibility index (Phi) is 2.07. The second kappa shape index (κ2) is 3.02. The summed E-state index contributed by atoms with van der Waals surface area (Å²) in [5, 5.41) is 8.39. The quantitative estimate of drug-likeness (QED) is 0.645. The molecular formula is C8H9N3. The Morgan fingerprint density at radius 1 is 1.64 bits per heavy atom. The first kappa shape index (κ1) is 7.55. The summed E-state index contributed by atoms with van der Waals surface area (Å²) in [7, 11) is 0. The van der Waals surface area contributed by atoms with E-state index < -0.39 is 0 Å². The van der Waals surface area contributed by atoms with Crippen molar-refractivity contribution in [3.63, 3.8) is 0 Å². The van der Waals surface area contributed by atoms with Gasteiger partial charge in [0.05, 0.1) is 12.5 Å². The number of rotatable bonds is 1. The predicted molar refractivity (Wildman–Crippen MR) is 42.7 cm³/mol. The maximum Gasteiger partial charge on any atom is 0.123 e. The van der Waals surface area contributed by atoms with Crippen LogP contribution in [0.2, 0.25) is 0 Å². The van der Waals surface area contributed by atoms with Gasteiger partial charge in [-0.3, -0.25) is 0 Å². The molecule has 56 valence electrons. The molecule has 0 aliphatic rings. The number of nitrogens with zero attached hydrogens (tertiary/aromatic N) is 2. The first-order valence-corrected chi connectivity index (χ1v) is 3.32. The molecule has 0 spiro atoms. The van der Waals surface area contributed by atoms with Crippen LogP contribution in [0.25, 0.3) is 0 Å². The average molecular weight is 147 g/mol. The molecule has 0 unspecified atom stereocenters. The third-order valence-electron chi connectivity index (χ3n) is 1.32. The number of nitriles is 1. The average Bonchev–Trinajstić information content (AvgIpc) is 1.85. The van der Waals surface area contributed by atoms with Crippen molar-refractivity contribution in [1.82, 2.24) is 4.98 Å². The predicted octanol–water partition coefficient (Wildman–Crippen LogP) is 1.04. The fourth-order valence-corrected chi connectivity index (χ4v) is 0.961. The maximum absolute atomic E-state index is 8.39. The number of hydrogen-bond acceptors (Lipinski definition) is 3. The first-order chi connectivity index (χ1) is 5.22. The lowest BCUT2D eigenvalue weighted by Crippen LogP contribution is -1.94. The number of anilines is 1. The van der Waals surface area contributed by atoms with Gasteiger partial charge in [-0.2, -0.15) is 5.26 Å². The summed E-state index contributed by atoms with van der Waals surface area (Å²) in [6.45, 7) is 1.86. The van der Waals surface area contributed by atoms with E-state index in [2.05, 4.69) is 11.1 Å². The van der Waals surface area contributed by atoms with Gasteiger partial charge in [-0.25, -0.2) is 4.98 Å². The van der Waals surface area contributed by atoms with E-state index in [1.54, 1.807) is 6.07 Å². The van der Waals surface area contributed by atoms with Gasteiger partial charge in [0.2, 0.25) is 0 Å². The van der Waals surface area contributed by atoms with Crippen LogP contribution in [0, 0.1) is 18.3 Å². The van der Waals surface area contributed by atoms with Gasteiger partial charge in [-0.15, -0.1) is 0 Å². The molecule has 0 aliphatic heterocycles. The van der Waals surface area contributed by atoms with E-state index in [1.165, 1.54) is 0 Å². The molecule has 1 rings (SSSR count). The molecule has 1 aromatic heterocycles. The number of nitrogens with two attached hydrogens (primary N) is 1. The Hall–Kier alpha value is -1.56. The van der Waals surface area contributed by atoms with Crippen LogP contribution in [0.1, 0.15) is 11.3 Å². The van der Waals surface area contributed by atoms with Crippen molar-refractivity contribution in [3.8, 4) is 6.07 Å². The maximum atomic E-state index is 8.39. The second-order valence-electron chi connectivity index (χ2n) is 2.38. The molecule has 0 aliphatic carbocycles. The molecule has 0 saturated heterocycles. The van der Waals surface area contributed by atoms with Crippen molar-refractivity contribution < 1.29 is 0 Å². The number of hydrogen-bond donors (Lipinski definition) is 1. The van der Waals surface area contributed by atoms with Crippen molar-refractivity contribution in [2.24, 2.45) is 0 Å². The molecule has 3 nitrogen and oxygen atoms in total. The van der Waals surface area contributed by atoms with E-state index in [0.29, 0.717) is 12.2 Å². The van der Waals surface area contributed by atoms with E-state index in [0.717, 1.165) is 11.3 Å². The Bertz CT molecular complexity index is 278. The third kappa shape index (κ3) is 1.94. The third-order valence-corrected chi connectivity index (χ3v) is 1.32. The molecule has 1 heterocycles. The van der Waals surface area contributed by atoms with Crippen LogP contribution in [-0.2, 0) is 6.42 Å². The topological polar surface area (TPSA) is 62.7 Å². The molecule has 0 saturated carbocycles. The summed E-state index contributed by atoms with van der Waals surface area (Å²) in [4.78, 5) is 3.98. The van der Waals surface area contributed by atoms with Crippen LogP contribution in [0.5, 0.6) is 0 Å². The number of aromatic nitrogens is 1. The van der Waals surface area contributed by atoms with Crippen LogP contribution in [0.4, 0.5) is 5.82 Å². The molecule has 0 amide bonds. The van der Waals surface area contributed by atoms with Gasteiger partial charge in [0.25, 0.3) is 0 Å². The fourth-order valence-electron chi connectivity index (χ4n) is 0.961. The number of pyridine rings is 1. The summed E-state index contributed by atoms with van der Waals surface area (Å²) >= 11 is 0. The Balaban J connectivity index is 3.01. The van der Waals surface area contributed by atoms with E-state index in [4.69, 9.17) is 11.0 Å². The zero-order valence-electron chi connectivity index (χ0n) is 6.33. The summed E-state index contributed by atoms with van der Waals surface area (Å²) in [5.41, 5.74) is 7.25. The number of aryl methyl sites for hydroxylation is 1. The Labute approximate surface area is 65.5 Å². The van der Waals surface area contributed by atoms with E-state index in [1.807, 2.05) is 13.0 Å². The van der Waals surface area contributed by atoms with Crippen LogP contribution in [-0.4, -0.2) is 4.98 Å². The molecule has 0 bridgehead atoms. The van der Waals surface area contributed by atoms with Crippen molar-refractivity contribution in [2.75, 3.05) is 5.73 Å². The second-order valence-corrected chi connectivity index (χ2v) is 2.38. The molecule has 3 heteroatoms. The van der Waals surface area contributed by atoms with Crippen LogP contribution in [0.3, 0.4) is 0 Å². The Morgan fingerprint density at radius 2 is 2.36 bits per heavy atom. The van der Waals surface area contributed by atoms with Crippen molar-refractivity contribution >= 4 is 5.82 Å². The largest absolute Gasteiger partial charge is 0.384 e. The zero-order chi connectivity index (χ0) is 8.27. The minimum atomic E-state index is 0.396. The zero-order valence-corrected chi connectivity index (χ0v) is 6.33. The normalized spacial score (nSPS) is 9.09. The van der Waals surface area contributed by atoms with Gasteiger partial charge in [-0.1, -0.05) is 0 Å². The summed E-state index contributed by atoms with van der Waals surface area (Å²) in [5.74, 6) is 0.482. The van der Waals surface area contributed by atoms with E-state index in [9.17, 15) is 0 Å². The smallest absolute Gasteiger partial charge is 0.123 e. The van der Waals surface area contributed by atoms with Gasteiger partial charge in [0.15, 0.2) is 0 Å². The highest BCUT2D eigenvalue weighted by molar-refractivity contribution is 5.35. The van der Waals surface area contributed by atoms with Gasteiger partial charge >= 0.3 is 0 Å². The lowest BCUT2D eigenvalue weighted by molar-refractivity contribution is 1.15. The lowest BCUT2D eigenvalue weighted by atomic mass is 10.2. The molecule has 11 heavy (non-hydrogen) atoms. The SMILES string of the molecule is Cc1cc(CC#N)cc(N)n1. The van der Waals surface area contributed by atoms with Crippen LogP contribution in [0.15, 0.2) is 12.1 Å². The molecule has 0 fully saturated rings. The molecule has 0 aromatic carbocycles. The monoisotopic (exact) mass is 147 g/mol. The highest BCUT2D eigenvalue weighted by atomic mass is 14.8. The molecular weight excluding hydrogens is 138 g/mol. The minimum absolute atomic E-state index is 0.396. The molecule has 0 atom stereocenters. The molecule has 1 aromatic rings. The highest BCUT2D eigenvalue weighted by Crippen LogP contribution is 2.06. The number of nitrogen functional groups attached to an aromatic ring is 1. The fraction of sp³-hybridized carbons (Fsp3) is 0.250. The van der Waals surface area contributed by atoms with E-state index >= 15 is 0 Å². The molecule has 2 N–H and O–H groups in total. The van der Waals surface area contributed by atoms with E-state index in [-0.39, 0.29) is 0 Å². The summed E-state index contributed by atoms with van der Waals surface area (Å²) in [6, 6.07) is 5.63. The standard InChI is InChI=1S/C8H9N3/c1-6-4-7(2-3-9)5-8(10)11-6/h4-5H,2H2,1H3,(H2,10,11). The summed E-state index contributed by atoms with van der Waals surface area (Å²) < 4.78 is 0. The van der Waals surface area contributed by atoms with Gasteiger partial charge in [0, 0.05) is 5.69 Å². The summed E-state index contributed by atoms with van der Waals surface area (Å²) in [6.07, 6.45) is 0.396. The van der Waals surface area contributed by atoms with Crippen molar-refractivity contribution in [2.45, 2.75) is 13.3 Å².